The van der Waals surface area contributed by atoms with Crippen molar-refractivity contribution in [2.24, 2.45) is 0 Å². The first-order chi connectivity index (χ1) is 7.04. The number of anilines is 1. The van der Waals surface area contributed by atoms with Gasteiger partial charge < -0.3 is 5.32 Å². The molecular weight excluding hydrogens is 209 g/mol. The summed E-state index contributed by atoms with van der Waals surface area (Å²) in [4.78, 5) is 0. The molecule has 0 bridgehead atoms. The smallest absolute Gasteiger partial charge is 0.185 e. The quantitative estimate of drug-likeness (QED) is 0.805. The predicted octanol–water partition coefficient (Wildman–Crippen LogP) is 2.19. The summed E-state index contributed by atoms with van der Waals surface area (Å²) in [5.74, 6) is 0.939. The fourth-order valence-electron chi connectivity index (χ4n) is 2.13. The van der Waals surface area contributed by atoms with Crippen LogP contribution in [0.15, 0.2) is 0 Å². The summed E-state index contributed by atoms with van der Waals surface area (Å²) in [7, 11) is -2.30. The summed E-state index contributed by atoms with van der Waals surface area (Å²) in [5, 5.41) is 7.68. The van der Waals surface area contributed by atoms with Crippen molar-refractivity contribution < 1.29 is 4.57 Å². The van der Waals surface area contributed by atoms with Crippen LogP contribution >= 0.6 is 7.29 Å². The van der Waals surface area contributed by atoms with Crippen LogP contribution in [0.5, 0.6) is 0 Å². The summed E-state index contributed by atoms with van der Waals surface area (Å²) in [5.41, 5.74) is 2.46. The van der Waals surface area contributed by atoms with Gasteiger partial charge in [-0.05, 0) is 26.2 Å². The average Bonchev–Trinajstić information content (AvgIpc) is 2.66. The molecule has 0 unspecified atom stereocenters. The fraction of sp³-hybridized carbons (Fsp3) is 0.700. The zero-order valence-corrected chi connectivity index (χ0v) is 10.5. The molecule has 1 N–H and O–H groups in total. The molecule has 1 heterocycles. The van der Waals surface area contributed by atoms with E-state index in [0.717, 1.165) is 31.6 Å². The average molecular weight is 227 g/mol. The van der Waals surface area contributed by atoms with Gasteiger partial charge in [-0.1, -0.05) is 0 Å². The Hall–Kier alpha value is -0.760. The summed E-state index contributed by atoms with van der Waals surface area (Å²) in [6.07, 6.45) is 3.24. The van der Waals surface area contributed by atoms with Crippen molar-refractivity contribution >= 4 is 13.1 Å². The topological polar surface area (TPSA) is 46.9 Å². The first kappa shape index (κ1) is 10.7. The lowest BCUT2D eigenvalue weighted by Crippen LogP contribution is -2.03. The van der Waals surface area contributed by atoms with Gasteiger partial charge in [0, 0.05) is 25.4 Å². The molecule has 1 aromatic rings. The molecule has 15 heavy (non-hydrogen) atoms. The van der Waals surface area contributed by atoms with Crippen molar-refractivity contribution in [3.05, 3.63) is 11.3 Å². The van der Waals surface area contributed by atoms with Gasteiger partial charge in [-0.2, -0.15) is 0 Å². The van der Waals surface area contributed by atoms with Gasteiger partial charge in [0.05, 0.1) is 5.69 Å². The highest BCUT2D eigenvalue weighted by Crippen LogP contribution is 2.43. The molecule has 1 aromatic heterocycles. The molecule has 5 heteroatoms. The number of fused-ring (bicyclic) bond motifs is 1. The lowest BCUT2D eigenvalue weighted by Gasteiger charge is -2.09. The van der Waals surface area contributed by atoms with E-state index in [4.69, 9.17) is 0 Å². The van der Waals surface area contributed by atoms with Crippen molar-refractivity contribution in [2.45, 2.75) is 26.2 Å². The summed E-state index contributed by atoms with van der Waals surface area (Å²) < 4.78 is 13.8. The van der Waals surface area contributed by atoms with E-state index in [0.29, 0.717) is 0 Å². The maximum absolute atomic E-state index is 12.1. The van der Waals surface area contributed by atoms with E-state index < -0.39 is 7.29 Å². The summed E-state index contributed by atoms with van der Waals surface area (Å²) >= 11 is 0. The van der Waals surface area contributed by atoms with Crippen LogP contribution in [0, 0.1) is 0 Å². The molecule has 0 saturated carbocycles. The van der Waals surface area contributed by atoms with Gasteiger partial charge in [0.25, 0.3) is 0 Å². The molecule has 1 aliphatic carbocycles. The van der Waals surface area contributed by atoms with E-state index in [-0.39, 0.29) is 0 Å². The van der Waals surface area contributed by atoms with Crippen LogP contribution in [0.2, 0.25) is 0 Å². The normalized spacial score (nSPS) is 15.4. The standard InChI is InChI=1S/C10H18N3OP/c1-4-11-10-8-6-5-7-9(8)13(12-10)15(2,3)14/h4-7H2,1-3H3,(H,11,12). The summed E-state index contributed by atoms with van der Waals surface area (Å²) in [6, 6.07) is 0. The molecule has 0 atom stereocenters. The van der Waals surface area contributed by atoms with E-state index in [1.54, 1.807) is 17.8 Å². The number of nitrogens with zero attached hydrogens (tertiary/aromatic N) is 2. The van der Waals surface area contributed by atoms with Crippen molar-refractivity contribution in [3.8, 4) is 0 Å². The number of nitrogens with one attached hydrogen (secondary N) is 1. The molecule has 4 nitrogen and oxygen atoms in total. The van der Waals surface area contributed by atoms with Gasteiger partial charge in [-0.3, -0.25) is 4.57 Å². The number of hydrogen-bond acceptors (Lipinski definition) is 3. The van der Waals surface area contributed by atoms with E-state index in [2.05, 4.69) is 17.3 Å². The van der Waals surface area contributed by atoms with Gasteiger partial charge >= 0.3 is 0 Å². The maximum Gasteiger partial charge on any atom is 0.185 e. The van der Waals surface area contributed by atoms with Gasteiger partial charge in [-0.25, -0.2) is 4.45 Å². The lowest BCUT2D eigenvalue weighted by molar-refractivity contribution is 0.569. The Morgan fingerprint density at radius 1 is 1.47 bits per heavy atom. The summed E-state index contributed by atoms with van der Waals surface area (Å²) in [6.45, 7) is 6.46. The number of hydrogen-bond donors (Lipinski definition) is 1. The second kappa shape index (κ2) is 3.67. The Bertz CT molecular complexity index is 419. The monoisotopic (exact) mass is 227 g/mol. The van der Waals surface area contributed by atoms with E-state index in [1.165, 1.54) is 11.3 Å². The molecule has 0 fully saturated rings. The minimum absolute atomic E-state index is 0.862. The van der Waals surface area contributed by atoms with Gasteiger partial charge in [0.1, 0.15) is 0 Å². The largest absolute Gasteiger partial charge is 0.369 e. The molecule has 0 amide bonds. The van der Waals surface area contributed by atoms with Crippen LogP contribution in [0.3, 0.4) is 0 Å². The molecule has 0 radical (unpaired) electrons. The van der Waals surface area contributed by atoms with E-state index >= 15 is 0 Å². The lowest BCUT2D eigenvalue weighted by atomic mass is 10.2. The van der Waals surface area contributed by atoms with Gasteiger partial charge in [0.2, 0.25) is 0 Å². The predicted molar refractivity (Wildman–Crippen MR) is 63.3 cm³/mol. The third-order valence-corrected chi connectivity index (χ3v) is 3.95. The first-order valence-electron chi connectivity index (χ1n) is 5.44. The van der Waals surface area contributed by atoms with Crippen LogP contribution in [0.4, 0.5) is 5.82 Å². The van der Waals surface area contributed by atoms with Crippen molar-refractivity contribution in [3.63, 3.8) is 0 Å². The van der Waals surface area contributed by atoms with Crippen LogP contribution in [0.25, 0.3) is 0 Å². The Balaban J connectivity index is 2.49. The van der Waals surface area contributed by atoms with Gasteiger partial charge in [0.15, 0.2) is 13.1 Å². The highest BCUT2D eigenvalue weighted by atomic mass is 31.2. The molecule has 0 aliphatic heterocycles. The molecule has 84 valence electrons. The zero-order valence-electron chi connectivity index (χ0n) is 9.58. The third kappa shape index (κ3) is 1.83. The SMILES string of the molecule is CCNc1nn(P(C)(C)=O)c2c1CCC2. The molecule has 0 saturated heterocycles. The second-order valence-electron chi connectivity index (χ2n) is 4.34. The highest BCUT2D eigenvalue weighted by Gasteiger charge is 2.26. The first-order valence-corrected chi connectivity index (χ1v) is 8.00. The number of rotatable bonds is 3. The Morgan fingerprint density at radius 2 is 2.20 bits per heavy atom. The molecule has 1 aliphatic rings. The molecule has 2 rings (SSSR count). The zero-order chi connectivity index (χ0) is 11.1. The maximum atomic E-state index is 12.1. The minimum Gasteiger partial charge on any atom is -0.369 e. The molecule has 0 spiro atoms. The molecular formula is C10H18N3OP. The van der Waals surface area contributed by atoms with Crippen LogP contribution < -0.4 is 5.32 Å². The van der Waals surface area contributed by atoms with Crippen molar-refractivity contribution in [1.82, 2.24) is 9.55 Å². The Kier molecular flexibility index (Phi) is 2.63. The Labute approximate surface area is 90.5 Å². The van der Waals surface area contributed by atoms with E-state index in [1.807, 2.05) is 0 Å². The van der Waals surface area contributed by atoms with Crippen LogP contribution in [-0.2, 0) is 17.4 Å². The Morgan fingerprint density at radius 3 is 2.80 bits per heavy atom. The molecule has 0 aromatic carbocycles. The van der Waals surface area contributed by atoms with Crippen LogP contribution in [-0.4, -0.2) is 29.4 Å². The van der Waals surface area contributed by atoms with Crippen molar-refractivity contribution in [1.29, 1.82) is 0 Å². The van der Waals surface area contributed by atoms with Gasteiger partial charge in [-0.15, -0.1) is 5.10 Å². The van der Waals surface area contributed by atoms with E-state index in [9.17, 15) is 4.57 Å². The number of aromatic nitrogens is 2. The minimum atomic E-state index is -2.30. The highest BCUT2D eigenvalue weighted by molar-refractivity contribution is 7.60. The third-order valence-electron chi connectivity index (χ3n) is 2.71. The second-order valence-corrected chi connectivity index (χ2v) is 7.31. The van der Waals surface area contributed by atoms with Crippen molar-refractivity contribution in [2.75, 3.05) is 25.2 Å². The fourth-order valence-corrected chi connectivity index (χ4v) is 3.23. The van der Waals surface area contributed by atoms with Crippen LogP contribution in [0.1, 0.15) is 24.6 Å².